The number of benzene rings is 2. The fourth-order valence-corrected chi connectivity index (χ4v) is 5.37. The molecule has 0 unspecified atom stereocenters. The van der Waals surface area contributed by atoms with Gasteiger partial charge in [0.2, 0.25) is 17.6 Å². The van der Waals surface area contributed by atoms with Crippen molar-refractivity contribution in [3.8, 4) is 11.4 Å². The zero-order valence-corrected chi connectivity index (χ0v) is 22.2. The van der Waals surface area contributed by atoms with Gasteiger partial charge in [-0.05, 0) is 81.4 Å². The van der Waals surface area contributed by atoms with Gasteiger partial charge >= 0.3 is 0 Å². The summed E-state index contributed by atoms with van der Waals surface area (Å²) in [6.07, 6.45) is 4.29. The Bertz CT molecular complexity index is 1160. The van der Waals surface area contributed by atoms with E-state index in [1.165, 1.54) is 31.5 Å². The number of nitrogens with one attached hydrogen (secondary N) is 1. The minimum atomic E-state index is 0.0576. The predicted octanol–water partition coefficient (Wildman–Crippen LogP) is 4.81. The molecule has 7 nitrogen and oxygen atoms in total. The van der Waals surface area contributed by atoms with Crippen LogP contribution in [0.3, 0.4) is 0 Å². The third kappa shape index (κ3) is 6.84. The highest BCUT2D eigenvalue weighted by atomic mass is 16.5. The van der Waals surface area contributed by atoms with Crippen LogP contribution in [0.25, 0.3) is 11.4 Å². The smallest absolute Gasteiger partial charge is 0.241 e. The molecule has 2 fully saturated rings. The van der Waals surface area contributed by atoms with Gasteiger partial charge in [-0.15, -0.1) is 0 Å². The van der Waals surface area contributed by atoms with E-state index in [4.69, 9.17) is 4.52 Å². The number of rotatable bonds is 8. The SMILES string of the molecule is Cc1ccccc1-c1noc(CN2CCC(C(=O)NCc3ccc(CN4CCC(C)CC4)cc3)CC2)n1. The van der Waals surface area contributed by atoms with Crippen molar-refractivity contribution in [1.82, 2.24) is 25.3 Å². The fourth-order valence-electron chi connectivity index (χ4n) is 5.37. The summed E-state index contributed by atoms with van der Waals surface area (Å²) in [7, 11) is 0. The van der Waals surface area contributed by atoms with E-state index in [1.807, 2.05) is 31.2 Å². The molecule has 0 atom stereocenters. The van der Waals surface area contributed by atoms with Crippen LogP contribution in [0, 0.1) is 18.8 Å². The van der Waals surface area contributed by atoms with Crippen LogP contribution in [0.15, 0.2) is 53.1 Å². The summed E-state index contributed by atoms with van der Waals surface area (Å²) >= 11 is 0. The van der Waals surface area contributed by atoms with Gasteiger partial charge in [-0.3, -0.25) is 14.6 Å². The van der Waals surface area contributed by atoms with Gasteiger partial charge in [-0.1, -0.05) is 60.6 Å². The molecule has 3 aromatic rings. The Kier molecular flexibility index (Phi) is 8.31. The molecule has 2 aliphatic rings. The topological polar surface area (TPSA) is 74.5 Å². The zero-order valence-electron chi connectivity index (χ0n) is 22.2. The summed E-state index contributed by atoms with van der Waals surface area (Å²) < 4.78 is 5.51. The largest absolute Gasteiger partial charge is 0.352 e. The lowest BCUT2D eigenvalue weighted by molar-refractivity contribution is -0.126. The van der Waals surface area contributed by atoms with Crippen LogP contribution >= 0.6 is 0 Å². The third-order valence-corrected chi connectivity index (χ3v) is 7.94. The van der Waals surface area contributed by atoms with Crippen LogP contribution in [-0.2, 0) is 24.4 Å². The van der Waals surface area contributed by atoms with Crippen molar-refractivity contribution in [1.29, 1.82) is 0 Å². The molecular formula is C30H39N5O2. The van der Waals surface area contributed by atoms with Crippen LogP contribution in [0.1, 0.15) is 55.2 Å². The molecular weight excluding hydrogens is 462 g/mol. The first-order valence-corrected chi connectivity index (χ1v) is 13.7. The number of carbonyl (C=O) groups excluding carboxylic acids is 1. The summed E-state index contributed by atoms with van der Waals surface area (Å²) in [5.74, 6) is 2.33. The van der Waals surface area contributed by atoms with E-state index in [2.05, 4.69) is 56.4 Å². The molecule has 196 valence electrons. The van der Waals surface area contributed by atoms with Crippen LogP contribution in [-0.4, -0.2) is 52.0 Å². The Morgan fingerprint density at radius 3 is 2.30 bits per heavy atom. The van der Waals surface area contributed by atoms with Crippen molar-refractivity contribution < 1.29 is 9.32 Å². The molecule has 3 heterocycles. The maximum Gasteiger partial charge on any atom is 0.241 e. The summed E-state index contributed by atoms with van der Waals surface area (Å²) in [6, 6.07) is 16.8. The number of hydrogen-bond donors (Lipinski definition) is 1. The minimum Gasteiger partial charge on any atom is -0.352 e. The van der Waals surface area contributed by atoms with Gasteiger partial charge in [0.05, 0.1) is 6.54 Å². The Hall–Kier alpha value is -3.03. The number of piperidine rings is 2. The quantitative estimate of drug-likeness (QED) is 0.478. The summed E-state index contributed by atoms with van der Waals surface area (Å²) in [4.78, 5) is 22.2. The number of amides is 1. The standard InChI is InChI=1S/C30H39N5O2/c1-22-11-15-34(16-12-22)20-25-9-7-24(8-10-25)19-31-30(36)26-13-17-35(18-14-26)21-28-32-29(33-37-28)27-6-4-3-5-23(27)2/h3-10,22,26H,11-21H2,1-2H3,(H,31,36). The Labute approximate surface area is 220 Å². The summed E-state index contributed by atoms with van der Waals surface area (Å²) in [5.41, 5.74) is 4.64. The highest BCUT2D eigenvalue weighted by Gasteiger charge is 2.26. The first kappa shape index (κ1) is 25.6. The Morgan fingerprint density at radius 1 is 0.919 bits per heavy atom. The van der Waals surface area contributed by atoms with Crippen LogP contribution in [0.5, 0.6) is 0 Å². The molecule has 37 heavy (non-hydrogen) atoms. The molecule has 0 spiro atoms. The molecule has 0 saturated carbocycles. The predicted molar refractivity (Wildman–Crippen MR) is 144 cm³/mol. The summed E-state index contributed by atoms with van der Waals surface area (Å²) in [6.45, 7) is 10.7. The van der Waals surface area contributed by atoms with E-state index in [-0.39, 0.29) is 11.8 Å². The van der Waals surface area contributed by atoms with Gasteiger partial charge in [-0.25, -0.2) is 0 Å². The number of carbonyl (C=O) groups is 1. The molecule has 1 N–H and O–H groups in total. The monoisotopic (exact) mass is 501 g/mol. The number of likely N-dealkylation sites (tertiary alicyclic amines) is 2. The van der Waals surface area contributed by atoms with Crippen molar-refractivity contribution in [3.63, 3.8) is 0 Å². The molecule has 1 amide bonds. The third-order valence-electron chi connectivity index (χ3n) is 7.94. The summed E-state index contributed by atoms with van der Waals surface area (Å²) in [5, 5.41) is 7.32. The van der Waals surface area contributed by atoms with Gasteiger partial charge in [0.15, 0.2) is 0 Å². The highest BCUT2D eigenvalue weighted by molar-refractivity contribution is 5.78. The Morgan fingerprint density at radius 2 is 1.57 bits per heavy atom. The highest BCUT2D eigenvalue weighted by Crippen LogP contribution is 2.23. The number of hydrogen-bond acceptors (Lipinski definition) is 6. The normalized spacial score (nSPS) is 18.2. The van der Waals surface area contributed by atoms with Crippen LogP contribution in [0.2, 0.25) is 0 Å². The van der Waals surface area contributed by atoms with Crippen molar-refractivity contribution in [2.45, 2.75) is 59.2 Å². The molecule has 7 heteroatoms. The minimum absolute atomic E-state index is 0.0576. The maximum atomic E-state index is 12.8. The maximum absolute atomic E-state index is 12.8. The molecule has 0 radical (unpaired) electrons. The second kappa shape index (κ2) is 12.0. The van der Waals surface area contributed by atoms with Gasteiger partial charge in [0.1, 0.15) is 0 Å². The van der Waals surface area contributed by atoms with Gasteiger partial charge in [0.25, 0.3) is 0 Å². The molecule has 2 aliphatic heterocycles. The van der Waals surface area contributed by atoms with E-state index >= 15 is 0 Å². The number of nitrogens with zero attached hydrogens (tertiary/aromatic N) is 4. The van der Waals surface area contributed by atoms with E-state index in [9.17, 15) is 4.79 Å². The first-order valence-electron chi connectivity index (χ1n) is 13.7. The second-order valence-corrected chi connectivity index (χ2v) is 10.9. The van der Waals surface area contributed by atoms with E-state index in [1.54, 1.807) is 0 Å². The van der Waals surface area contributed by atoms with E-state index < -0.39 is 0 Å². The lowest BCUT2D eigenvalue weighted by Crippen LogP contribution is -2.40. The molecule has 0 aliphatic carbocycles. The zero-order chi connectivity index (χ0) is 25.6. The molecule has 2 aromatic carbocycles. The van der Waals surface area contributed by atoms with E-state index in [0.29, 0.717) is 24.8 Å². The van der Waals surface area contributed by atoms with Gasteiger partial charge in [-0.2, -0.15) is 4.98 Å². The van der Waals surface area contributed by atoms with Crippen molar-refractivity contribution in [3.05, 3.63) is 71.1 Å². The molecule has 1 aromatic heterocycles. The molecule has 5 rings (SSSR count). The van der Waals surface area contributed by atoms with Crippen molar-refractivity contribution >= 4 is 5.91 Å². The lowest BCUT2D eigenvalue weighted by Gasteiger charge is -2.30. The fraction of sp³-hybridized carbons (Fsp3) is 0.500. The van der Waals surface area contributed by atoms with Crippen LogP contribution in [0.4, 0.5) is 0 Å². The first-order chi connectivity index (χ1) is 18.0. The van der Waals surface area contributed by atoms with Gasteiger partial charge < -0.3 is 9.84 Å². The van der Waals surface area contributed by atoms with E-state index in [0.717, 1.165) is 55.1 Å². The van der Waals surface area contributed by atoms with Gasteiger partial charge in [0, 0.05) is 24.6 Å². The Balaban J connectivity index is 1.03. The van der Waals surface area contributed by atoms with Crippen LogP contribution < -0.4 is 5.32 Å². The molecule has 0 bridgehead atoms. The van der Waals surface area contributed by atoms with Crippen molar-refractivity contribution in [2.24, 2.45) is 11.8 Å². The van der Waals surface area contributed by atoms with Crippen molar-refractivity contribution in [2.75, 3.05) is 26.2 Å². The number of aromatic nitrogens is 2. The average molecular weight is 502 g/mol. The lowest BCUT2D eigenvalue weighted by atomic mass is 9.96. The second-order valence-electron chi connectivity index (χ2n) is 10.9. The number of aryl methyl sites for hydroxylation is 1. The average Bonchev–Trinajstić information content (AvgIpc) is 3.38. The molecule has 2 saturated heterocycles.